The smallest absolute Gasteiger partial charge is 0.254 e. The first kappa shape index (κ1) is 23.8. The van der Waals surface area contributed by atoms with Gasteiger partial charge in [-0.1, -0.05) is 17.7 Å². The predicted octanol–water partition coefficient (Wildman–Crippen LogP) is 4.26. The number of rotatable bonds is 6. The highest BCUT2D eigenvalue weighted by Gasteiger charge is 2.26. The molecule has 1 atom stereocenters. The molecule has 1 aliphatic rings. The van der Waals surface area contributed by atoms with E-state index in [1.165, 1.54) is 0 Å². The largest absolute Gasteiger partial charge is 0.382 e. The third kappa shape index (κ3) is 5.02. The molecule has 36 heavy (non-hydrogen) atoms. The van der Waals surface area contributed by atoms with E-state index in [1.807, 2.05) is 25.1 Å². The molecule has 0 aliphatic carbocycles. The van der Waals surface area contributed by atoms with E-state index in [9.17, 15) is 4.79 Å². The molecule has 2 N–H and O–H groups in total. The van der Waals surface area contributed by atoms with Gasteiger partial charge in [-0.05, 0) is 61.4 Å². The molecule has 0 spiro atoms. The monoisotopic (exact) mass is 501 g/mol. The predicted molar refractivity (Wildman–Crippen MR) is 137 cm³/mol. The molecule has 4 aromatic rings. The van der Waals surface area contributed by atoms with Gasteiger partial charge in [0.15, 0.2) is 0 Å². The summed E-state index contributed by atoms with van der Waals surface area (Å²) in [5.41, 5.74) is 9.54. The molecule has 1 unspecified atom stereocenters. The van der Waals surface area contributed by atoms with Gasteiger partial charge < -0.3 is 15.4 Å². The number of carbonyl (C=O) groups is 1. The molecular formula is C26H24ClN7O2. The Morgan fingerprint density at radius 3 is 2.72 bits per heavy atom. The van der Waals surface area contributed by atoms with E-state index in [0.29, 0.717) is 40.8 Å². The summed E-state index contributed by atoms with van der Waals surface area (Å²) in [4.78, 5) is 28.5. The number of nitrogen functional groups attached to an aromatic ring is 1. The van der Waals surface area contributed by atoms with E-state index in [4.69, 9.17) is 22.1 Å². The fraction of sp³-hybridized carbons (Fsp3) is 0.231. The second-order valence-electron chi connectivity index (χ2n) is 8.44. The summed E-state index contributed by atoms with van der Waals surface area (Å²) in [5.74, 6) is 0.571. The van der Waals surface area contributed by atoms with Gasteiger partial charge in [-0.25, -0.2) is 15.0 Å². The fourth-order valence-corrected chi connectivity index (χ4v) is 4.22. The van der Waals surface area contributed by atoms with Gasteiger partial charge in [0.1, 0.15) is 11.6 Å². The van der Waals surface area contributed by atoms with Crippen molar-refractivity contribution in [2.24, 2.45) is 0 Å². The second-order valence-corrected chi connectivity index (χ2v) is 8.85. The zero-order valence-electron chi connectivity index (χ0n) is 19.6. The van der Waals surface area contributed by atoms with Crippen LogP contribution < -0.4 is 5.73 Å². The first-order valence-electron chi connectivity index (χ1n) is 11.5. The van der Waals surface area contributed by atoms with Crippen LogP contribution in [0.1, 0.15) is 47.0 Å². The average Bonchev–Trinajstić information content (AvgIpc) is 2.93. The summed E-state index contributed by atoms with van der Waals surface area (Å²) >= 11 is 6.16. The lowest BCUT2D eigenvalue weighted by Crippen LogP contribution is -2.34. The van der Waals surface area contributed by atoms with Crippen molar-refractivity contribution in [3.05, 3.63) is 88.7 Å². The van der Waals surface area contributed by atoms with Crippen molar-refractivity contribution in [3.63, 3.8) is 0 Å². The highest BCUT2D eigenvalue weighted by molar-refractivity contribution is 6.33. The highest BCUT2D eigenvalue weighted by atomic mass is 35.5. The minimum atomic E-state index is -0.415. The van der Waals surface area contributed by atoms with E-state index in [0.717, 1.165) is 23.1 Å². The lowest BCUT2D eigenvalue weighted by molar-refractivity contribution is 0.0663. The molecule has 10 heteroatoms. The van der Waals surface area contributed by atoms with Crippen LogP contribution in [0.2, 0.25) is 5.02 Å². The summed E-state index contributed by atoms with van der Waals surface area (Å²) in [6.45, 7) is 3.37. The van der Waals surface area contributed by atoms with E-state index in [-0.39, 0.29) is 18.3 Å². The summed E-state index contributed by atoms with van der Waals surface area (Å²) in [7, 11) is 0. The number of hydrogen-bond donors (Lipinski definition) is 1. The van der Waals surface area contributed by atoms with Gasteiger partial charge in [-0.2, -0.15) is 10.2 Å². The van der Waals surface area contributed by atoms with Gasteiger partial charge in [0.05, 0.1) is 47.7 Å². The average molecular weight is 502 g/mol. The molecule has 3 aromatic heterocycles. The van der Waals surface area contributed by atoms with Crippen molar-refractivity contribution in [3.8, 4) is 0 Å². The maximum Gasteiger partial charge on any atom is 0.254 e. The first-order chi connectivity index (χ1) is 17.5. The van der Waals surface area contributed by atoms with Gasteiger partial charge in [-0.15, -0.1) is 0 Å². The van der Waals surface area contributed by atoms with Crippen LogP contribution in [0.5, 0.6) is 0 Å². The second kappa shape index (κ2) is 10.3. The lowest BCUT2D eigenvalue weighted by Gasteiger charge is -2.28. The number of amides is 1. The number of hydrogen-bond acceptors (Lipinski definition) is 8. The molecule has 4 heterocycles. The summed E-state index contributed by atoms with van der Waals surface area (Å²) < 4.78 is 5.38. The zero-order chi connectivity index (χ0) is 25.1. The van der Waals surface area contributed by atoms with Crippen molar-refractivity contribution in [1.29, 1.82) is 0 Å². The fourth-order valence-electron chi connectivity index (χ4n) is 4.06. The van der Waals surface area contributed by atoms with Crippen LogP contribution in [0.4, 0.5) is 5.82 Å². The van der Waals surface area contributed by atoms with Crippen LogP contribution >= 0.6 is 11.6 Å². The third-order valence-corrected chi connectivity index (χ3v) is 6.38. The van der Waals surface area contributed by atoms with Crippen molar-refractivity contribution in [2.75, 3.05) is 18.9 Å². The Morgan fingerprint density at radius 1 is 1.17 bits per heavy atom. The van der Waals surface area contributed by atoms with Crippen LogP contribution in [-0.2, 0) is 11.3 Å². The molecule has 0 saturated carbocycles. The number of halogens is 1. The number of nitrogens with zero attached hydrogens (tertiary/aromatic N) is 6. The maximum absolute atomic E-state index is 13.8. The summed E-state index contributed by atoms with van der Waals surface area (Å²) in [6.07, 6.45) is 6.14. The Balaban J connectivity index is 1.46. The van der Waals surface area contributed by atoms with Gasteiger partial charge in [0.25, 0.3) is 5.91 Å². The molecule has 1 amide bonds. The van der Waals surface area contributed by atoms with Gasteiger partial charge >= 0.3 is 0 Å². The minimum Gasteiger partial charge on any atom is -0.382 e. The molecule has 0 saturated heterocycles. The van der Waals surface area contributed by atoms with Crippen LogP contribution in [-0.4, -0.2) is 49.2 Å². The molecule has 1 aliphatic heterocycles. The molecule has 0 radical (unpaired) electrons. The maximum atomic E-state index is 13.8. The van der Waals surface area contributed by atoms with Gasteiger partial charge in [0.2, 0.25) is 0 Å². The number of fused-ring (bicyclic) bond motifs is 1. The minimum absolute atomic E-state index is 0.206. The highest BCUT2D eigenvalue weighted by Crippen LogP contribution is 2.27. The molecule has 1 aromatic carbocycles. The van der Waals surface area contributed by atoms with Crippen molar-refractivity contribution in [1.82, 2.24) is 30.0 Å². The van der Waals surface area contributed by atoms with E-state index >= 15 is 0 Å². The Bertz CT molecular complexity index is 1430. The van der Waals surface area contributed by atoms with Crippen LogP contribution in [0.3, 0.4) is 0 Å². The number of benzene rings is 1. The molecule has 182 valence electrons. The molecule has 5 rings (SSSR count). The number of aromatic nitrogens is 5. The summed E-state index contributed by atoms with van der Waals surface area (Å²) in [5, 5.41) is 9.87. The van der Waals surface area contributed by atoms with Gasteiger partial charge in [0, 0.05) is 23.3 Å². The molecule has 0 bridgehead atoms. The number of anilines is 1. The van der Waals surface area contributed by atoms with Gasteiger partial charge in [-0.3, -0.25) is 4.79 Å². The van der Waals surface area contributed by atoms with Crippen molar-refractivity contribution < 1.29 is 9.53 Å². The zero-order valence-corrected chi connectivity index (χ0v) is 20.4. The molecule has 0 fully saturated rings. The first-order valence-corrected chi connectivity index (χ1v) is 11.9. The topological polar surface area (TPSA) is 120 Å². The quantitative estimate of drug-likeness (QED) is 0.416. The van der Waals surface area contributed by atoms with E-state index < -0.39 is 6.04 Å². The molecular weight excluding hydrogens is 478 g/mol. The Kier molecular flexibility index (Phi) is 6.84. The normalized spacial score (nSPS) is 14.3. The standard InChI is InChI=1S/C26H24ClN7O2/c1-16(25-29-9-2-10-30-25)34(15-20-4-6-23(33-32-20)17-7-11-36-12-8-17)26(35)18-3-5-22-19(13-18)14-21(27)24(28)31-22/h2-7,9-10,13-14,16H,8,11-12,15H2,1H3,(H2,28,31). The Labute approximate surface area is 213 Å². The third-order valence-electron chi connectivity index (χ3n) is 6.07. The van der Waals surface area contributed by atoms with Crippen LogP contribution in [0.25, 0.3) is 16.5 Å². The lowest BCUT2D eigenvalue weighted by atomic mass is 10.1. The van der Waals surface area contributed by atoms with Crippen LogP contribution in [0, 0.1) is 0 Å². The number of ether oxygens (including phenoxy) is 1. The van der Waals surface area contributed by atoms with E-state index in [1.54, 1.807) is 47.6 Å². The molecule has 9 nitrogen and oxygen atoms in total. The summed E-state index contributed by atoms with van der Waals surface area (Å²) in [6, 6.07) is 12.1. The van der Waals surface area contributed by atoms with Crippen molar-refractivity contribution >= 4 is 39.8 Å². The SMILES string of the molecule is CC(c1ncccn1)N(Cc1ccc(C2=CCOCC2)nn1)C(=O)c1ccc2nc(N)c(Cl)cc2c1. The number of carbonyl (C=O) groups excluding carboxylic acids is 1. The number of nitrogens with two attached hydrogens (primary N) is 1. The number of pyridine rings is 1. The Morgan fingerprint density at radius 2 is 2.00 bits per heavy atom. The Hall–Kier alpha value is -3.95. The van der Waals surface area contributed by atoms with Crippen molar-refractivity contribution in [2.45, 2.75) is 25.9 Å². The van der Waals surface area contributed by atoms with Crippen LogP contribution in [0.15, 0.2) is 60.9 Å². The van der Waals surface area contributed by atoms with E-state index in [2.05, 4.69) is 25.1 Å².